The van der Waals surface area contributed by atoms with E-state index < -0.39 is 5.97 Å². The molecule has 0 aliphatic heterocycles. The van der Waals surface area contributed by atoms with Crippen LogP contribution >= 0.6 is 11.8 Å². The highest BCUT2D eigenvalue weighted by Gasteiger charge is 2.11. The summed E-state index contributed by atoms with van der Waals surface area (Å²) in [5.74, 6) is -0.656. The van der Waals surface area contributed by atoms with Crippen LogP contribution in [-0.2, 0) is 4.79 Å². The number of amides is 1. The van der Waals surface area contributed by atoms with Crippen LogP contribution in [0.5, 0.6) is 0 Å². The van der Waals surface area contributed by atoms with Crippen molar-refractivity contribution < 1.29 is 14.7 Å². The van der Waals surface area contributed by atoms with Gasteiger partial charge in [0.2, 0.25) is 5.91 Å². The zero-order valence-electron chi connectivity index (χ0n) is 11.2. The molecule has 6 heteroatoms. The lowest BCUT2D eigenvalue weighted by molar-refractivity contribution is -0.115. The maximum atomic E-state index is 11.8. The number of anilines is 1. The largest absolute Gasteiger partial charge is 0.478 e. The number of carboxylic acids is 1. The number of hydrogen-bond donors (Lipinski definition) is 2. The molecule has 0 unspecified atom stereocenters. The fourth-order valence-electron chi connectivity index (χ4n) is 1.65. The monoisotopic (exact) mass is 302 g/mol. The van der Waals surface area contributed by atoms with E-state index in [1.165, 1.54) is 17.8 Å². The lowest BCUT2D eigenvalue weighted by Crippen LogP contribution is -2.12. The smallest absolute Gasteiger partial charge is 0.338 e. The van der Waals surface area contributed by atoms with Gasteiger partial charge in [-0.2, -0.15) is 0 Å². The number of aromatic nitrogens is 1. The van der Waals surface area contributed by atoms with Gasteiger partial charge in [0.05, 0.1) is 5.56 Å². The van der Waals surface area contributed by atoms with Gasteiger partial charge in [0.15, 0.2) is 0 Å². The molecule has 0 saturated carbocycles. The van der Waals surface area contributed by atoms with Gasteiger partial charge in [-0.3, -0.25) is 4.79 Å². The van der Waals surface area contributed by atoms with Crippen molar-refractivity contribution in [3.05, 3.63) is 54.2 Å². The third-order valence-electron chi connectivity index (χ3n) is 2.63. The van der Waals surface area contributed by atoms with Crippen molar-refractivity contribution in [3.63, 3.8) is 0 Å². The first kappa shape index (κ1) is 15.1. The maximum absolute atomic E-state index is 11.8. The van der Waals surface area contributed by atoms with Crippen LogP contribution in [0.15, 0.2) is 53.7 Å². The molecule has 0 aliphatic rings. The number of carboxylic acid groups (broad SMARTS) is 1. The first-order valence-corrected chi connectivity index (χ1v) is 7.31. The van der Waals surface area contributed by atoms with Gasteiger partial charge in [-0.05, 0) is 24.3 Å². The first-order valence-electron chi connectivity index (χ1n) is 6.33. The number of benzene rings is 1. The van der Waals surface area contributed by atoms with E-state index in [9.17, 15) is 9.59 Å². The third kappa shape index (κ3) is 4.61. The Morgan fingerprint density at radius 2 is 1.90 bits per heavy atom. The molecule has 0 atom stereocenters. The van der Waals surface area contributed by atoms with Crippen LogP contribution in [0.1, 0.15) is 16.8 Å². The Kier molecular flexibility index (Phi) is 5.34. The van der Waals surface area contributed by atoms with E-state index in [2.05, 4.69) is 10.3 Å². The molecule has 0 radical (unpaired) electrons. The minimum Gasteiger partial charge on any atom is -0.478 e. The average Bonchev–Trinajstić information content (AvgIpc) is 2.48. The van der Waals surface area contributed by atoms with Crippen molar-refractivity contribution >= 4 is 29.3 Å². The van der Waals surface area contributed by atoms with Crippen LogP contribution in [0.4, 0.5) is 5.69 Å². The summed E-state index contributed by atoms with van der Waals surface area (Å²) < 4.78 is 0. The highest BCUT2D eigenvalue weighted by atomic mass is 32.2. The second-order valence-electron chi connectivity index (χ2n) is 4.17. The molecule has 1 amide bonds. The van der Waals surface area contributed by atoms with Gasteiger partial charge in [-0.1, -0.05) is 18.2 Å². The highest BCUT2D eigenvalue weighted by molar-refractivity contribution is 7.99. The zero-order valence-corrected chi connectivity index (χ0v) is 12.0. The van der Waals surface area contributed by atoms with E-state index in [-0.39, 0.29) is 17.9 Å². The number of nitrogens with one attached hydrogen (secondary N) is 1. The normalized spacial score (nSPS) is 10.1. The quantitative estimate of drug-likeness (QED) is 0.802. The van der Waals surface area contributed by atoms with Crippen molar-refractivity contribution in [2.24, 2.45) is 0 Å². The van der Waals surface area contributed by atoms with Crippen LogP contribution in [-0.4, -0.2) is 27.7 Å². The van der Waals surface area contributed by atoms with Gasteiger partial charge >= 0.3 is 5.97 Å². The predicted molar refractivity (Wildman–Crippen MR) is 81.6 cm³/mol. The summed E-state index contributed by atoms with van der Waals surface area (Å²) in [7, 11) is 0. The minimum atomic E-state index is -1.01. The Labute approximate surface area is 126 Å². The lowest BCUT2D eigenvalue weighted by atomic mass is 10.3. The molecule has 2 N–H and O–H groups in total. The fourth-order valence-corrected chi connectivity index (χ4v) is 2.58. The van der Waals surface area contributed by atoms with Gasteiger partial charge in [0.25, 0.3) is 0 Å². The van der Waals surface area contributed by atoms with Gasteiger partial charge in [-0.15, -0.1) is 11.8 Å². The second-order valence-corrected chi connectivity index (χ2v) is 5.26. The summed E-state index contributed by atoms with van der Waals surface area (Å²) in [6.07, 6.45) is 1.83. The Bertz CT molecular complexity index is 632. The average molecular weight is 302 g/mol. The van der Waals surface area contributed by atoms with Crippen molar-refractivity contribution in [3.8, 4) is 0 Å². The molecule has 5 nitrogen and oxygen atoms in total. The summed E-state index contributed by atoms with van der Waals surface area (Å²) >= 11 is 1.26. The highest BCUT2D eigenvalue weighted by Crippen LogP contribution is 2.20. The first-order chi connectivity index (χ1) is 10.2. The SMILES string of the molecule is O=C(CCSc1ncccc1C(=O)O)Nc1ccccc1. The Hall–Kier alpha value is -2.34. The van der Waals surface area contributed by atoms with Crippen molar-refractivity contribution in [1.29, 1.82) is 0 Å². The molecule has 21 heavy (non-hydrogen) atoms. The second kappa shape index (κ2) is 7.44. The fraction of sp³-hybridized carbons (Fsp3) is 0.133. The van der Waals surface area contributed by atoms with Crippen LogP contribution in [0, 0.1) is 0 Å². The van der Waals surface area contributed by atoms with Gasteiger partial charge < -0.3 is 10.4 Å². The van der Waals surface area contributed by atoms with Crippen molar-refractivity contribution in [1.82, 2.24) is 4.98 Å². The standard InChI is InChI=1S/C15H14N2O3S/c18-13(17-11-5-2-1-3-6-11)8-10-21-14-12(15(19)20)7-4-9-16-14/h1-7,9H,8,10H2,(H,17,18)(H,19,20). The molecule has 2 aromatic rings. The van der Waals surface area contributed by atoms with Crippen LogP contribution in [0.25, 0.3) is 0 Å². The molecule has 0 saturated heterocycles. The number of carbonyl (C=O) groups is 2. The van der Waals surface area contributed by atoms with E-state index in [1.54, 1.807) is 12.3 Å². The number of pyridine rings is 1. The molecular formula is C15H14N2O3S. The van der Waals surface area contributed by atoms with Crippen LogP contribution in [0.2, 0.25) is 0 Å². The van der Waals surface area contributed by atoms with Crippen LogP contribution < -0.4 is 5.32 Å². The number of para-hydroxylation sites is 1. The number of carbonyl (C=O) groups excluding carboxylic acids is 1. The number of hydrogen-bond acceptors (Lipinski definition) is 4. The number of nitrogens with zero attached hydrogens (tertiary/aromatic N) is 1. The molecule has 1 heterocycles. The molecule has 0 spiro atoms. The molecule has 0 fully saturated rings. The molecule has 0 aliphatic carbocycles. The van der Waals surface area contributed by atoms with Crippen molar-refractivity contribution in [2.75, 3.05) is 11.1 Å². The maximum Gasteiger partial charge on any atom is 0.338 e. The van der Waals surface area contributed by atoms with Crippen LogP contribution in [0.3, 0.4) is 0 Å². The van der Waals surface area contributed by atoms with Crippen molar-refractivity contribution in [2.45, 2.75) is 11.4 Å². The predicted octanol–water partition coefficient (Wildman–Crippen LogP) is 2.90. The van der Waals surface area contributed by atoms with Gasteiger partial charge in [0, 0.05) is 24.1 Å². The topological polar surface area (TPSA) is 79.3 Å². The van der Waals surface area contributed by atoms with E-state index in [4.69, 9.17) is 5.11 Å². The Morgan fingerprint density at radius 3 is 2.62 bits per heavy atom. The number of thioether (sulfide) groups is 1. The van der Waals surface area contributed by atoms with E-state index in [1.807, 2.05) is 30.3 Å². The Morgan fingerprint density at radius 1 is 1.14 bits per heavy atom. The lowest BCUT2D eigenvalue weighted by Gasteiger charge is -2.06. The van der Waals surface area contributed by atoms with E-state index in [0.717, 1.165) is 5.69 Å². The molecule has 1 aromatic heterocycles. The molecular weight excluding hydrogens is 288 g/mol. The van der Waals surface area contributed by atoms with E-state index >= 15 is 0 Å². The molecule has 1 aromatic carbocycles. The summed E-state index contributed by atoms with van der Waals surface area (Å²) in [5.41, 5.74) is 0.905. The number of aromatic carboxylic acids is 1. The summed E-state index contributed by atoms with van der Waals surface area (Å²) in [6, 6.07) is 12.3. The van der Waals surface area contributed by atoms with E-state index in [0.29, 0.717) is 10.8 Å². The molecule has 108 valence electrons. The summed E-state index contributed by atoms with van der Waals surface area (Å²) in [4.78, 5) is 26.8. The Balaban J connectivity index is 1.84. The molecule has 2 rings (SSSR count). The summed E-state index contributed by atoms with van der Waals surface area (Å²) in [5, 5.41) is 12.2. The number of rotatable bonds is 6. The zero-order chi connectivity index (χ0) is 15.1. The third-order valence-corrected chi connectivity index (χ3v) is 3.63. The molecule has 0 bridgehead atoms. The van der Waals surface area contributed by atoms with Gasteiger partial charge in [0.1, 0.15) is 5.03 Å². The van der Waals surface area contributed by atoms with Gasteiger partial charge in [-0.25, -0.2) is 9.78 Å². The summed E-state index contributed by atoms with van der Waals surface area (Å²) in [6.45, 7) is 0. The minimum absolute atomic E-state index is 0.110.